The summed E-state index contributed by atoms with van der Waals surface area (Å²) in [5, 5.41) is 13.4. The molecule has 0 radical (unpaired) electrons. The van der Waals surface area contributed by atoms with Crippen molar-refractivity contribution in [2.24, 2.45) is 0 Å². The standard InChI is InChI=1S/C21H32N2O12/c1-11(24)23-18-20(34-14(4)27)19(33-13(3)26)15(10-32-12(2)25)35-21(18)31-8-6-5-7-16(28)22-9-17(29)30/h15,18-21H,5-10H2,1-4H3,(H,22,28)(H,23,24)(H,29,30)/t15-,18-,19+,20-,21-/m1/s1. The predicted molar refractivity (Wildman–Crippen MR) is 114 cm³/mol. The van der Waals surface area contributed by atoms with E-state index in [0.29, 0.717) is 12.8 Å². The van der Waals surface area contributed by atoms with E-state index in [2.05, 4.69) is 10.6 Å². The molecule has 0 aliphatic carbocycles. The quantitative estimate of drug-likeness (QED) is 0.158. The lowest BCUT2D eigenvalue weighted by Gasteiger charge is -2.44. The van der Waals surface area contributed by atoms with E-state index in [9.17, 15) is 28.8 Å². The number of ether oxygens (including phenoxy) is 5. The smallest absolute Gasteiger partial charge is 0.322 e. The number of hydrogen-bond acceptors (Lipinski definition) is 11. The third kappa shape index (κ3) is 11.6. The summed E-state index contributed by atoms with van der Waals surface area (Å²) in [5.74, 6) is -4.15. The number of carbonyl (C=O) groups is 6. The first-order valence-corrected chi connectivity index (χ1v) is 10.9. The van der Waals surface area contributed by atoms with E-state index in [4.69, 9.17) is 28.8 Å². The van der Waals surface area contributed by atoms with E-state index in [-0.39, 0.29) is 19.6 Å². The van der Waals surface area contributed by atoms with Gasteiger partial charge in [-0.05, 0) is 12.8 Å². The third-order valence-corrected chi connectivity index (χ3v) is 4.59. The van der Waals surface area contributed by atoms with Gasteiger partial charge in [0.25, 0.3) is 0 Å². The second-order valence-corrected chi connectivity index (χ2v) is 7.72. The summed E-state index contributed by atoms with van der Waals surface area (Å²) in [6.07, 6.45) is -3.90. The van der Waals surface area contributed by atoms with E-state index in [1.807, 2.05) is 0 Å². The van der Waals surface area contributed by atoms with E-state index >= 15 is 0 Å². The van der Waals surface area contributed by atoms with Crippen molar-refractivity contribution in [1.82, 2.24) is 10.6 Å². The van der Waals surface area contributed by atoms with Gasteiger partial charge in [-0.2, -0.15) is 0 Å². The molecular weight excluding hydrogens is 472 g/mol. The van der Waals surface area contributed by atoms with Crippen LogP contribution >= 0.6 is 0 Å². The number of carboxylic acid groups (broad SMARTS) is 1. The molecule has 0 aromatic rings. The summed E-state index contributed by atoms with van der Waals surface area (Å²) >= 11 is 0. The number of carboxylic acids is 1. The lowest BCUT2D eigenvalue weighted by atomic mass is 9.96. The van der Waals surface area contributed by atoms with Gasteiger partial charge in [-0.25, -0.2) is 0 Å². The van der Waals surface area contributed by atoms with Crippen LogP contribution in [-0.4, -0.2) is 91.2 Å². The molecule has 0 aromatic carbocycles. The summed E-state index contributed by atoms with van der Waals surface area (Å²) in [6, 6.07) is -1.08. The summed E-state index contributed by atoms with van der Waals surface area (Å²) < 4.78 is 27.2. The second kappa shape index (κ2) is 14.9. The van der Waals surface area contributed by atoms with E-state index in [0.717, 1.165) is 13.8 Å². The zero-order valence-electron chi connectivity index (χ0n) is 20.1. The number of hydrogen-bond donors (Lipinski definition) is 3. The van der Waals surface area contributed by atoms with Crippen molar-refractivity contribution in [3.05, 3.63) is 0 Å². The lowest BCUT2D eigenvalue weighted by Crippen LogP contribution is -2.66. The number of rotatable bonds is 13. The Balaban J connectivity index is 2.95. The molecule has 0 unspecified atom stereocenters. The van der Waals surface area contributed by atoms with Crippen LogP contribution in [0.5, 0.6) is 0 Å². The number of nitrogens with one attached hydrogen (secondary N) is 2. The van der Waals surface area contributed by atoms with Crippen molar-refractivity contribution < 1.29 is 57.6 Å². The molecule has 1 heterocycles. The molecule has 1 fully saturated rings. The molecule has 1 aliphatic rings. The van der Waals surface area contributed by atoms with Gasteiger partial charge in [0.2, 0.25) is 11.8 Å². The zero-order valence-corrected chi connectivity index (χ0v) is 20.1. The highest BCUT2D eigenvalue weighted by molar-refractivity contribution is 5.81. The van der Waals surface area contributed by atoms with Crippen LogP contribution in [-0.2, 0) is 52.5 Å². The average molecular weight is 504 g/mol. The predicted octanol–water partition coefficient (Wildman–Crippen LogP) is -0.970. The average Bonchev–Trinajstić information content (AvgIpc) is 2.73. The number of carbonyl (C=O) groups excluding carboxylic acids is 5. The fourth-order valence-electron chi connectivity index (χ4n) is 3.28. The summed E-state index contributed by atoms with van der Waals surface area (Å²) in [4.78, 5) is 68.8. The largest absolute Gasteiger partial charge is 0.480 e. The van der Waals surface area contributed by atoms with Gasteiger partial charge in [0.1, 0.15) is 25.3 Å². The molecule has 198 valence electrons. The summed E-state index contributed by atoms with van der Waals surface area (Å²) in [6.45, 7) is 3.90. The Morgan fingerprint density at radius 2 is 1.51 bits per heavy atom. The van der Waals surface area contributed by atoms with Crippen molar-refractivity contribution in [3.63, 3.8) is 0 Å². The molecule has 0 bridgehead atoms. The Bertz CT molecular complexity index is 786. The highest BCUT2D eigenvalue weighted by atomic mass is 16.7. The van der Waals surface area contributed by atoms with Crippen LogP contribution in [0.25, 0.3) is 0 Å². The highest BCUT2D eigenvalue weighted by Gasteiger charge is 2.51. The van der Waals surface area contributed by atoms with E-state index in [1.54, 1.807) is 0 Å². The topological polar surface area (TPSA) is 193 Å². The second-order valence-electron chi connectivity index (χ2n) is 7.72. The van der Waals surface area contributed by atoms with Crippen molar-refractivity contribution in [1.29, 1.82) is 0 Å². The minimum atomic E-state index is -1.22. The maximum atomic E-state index is 11.8. The third-order valence-electron chi connectivity index (χ3n) is 4.59. The Morgan fingerprint density at radius 3 is 2.06 bits per heavy atom. The highest BCUT2D eigenvalue weighted by Crippen LogP contribution is 2.28. The first-order chi connectivity index (χ1) is 16.4. The van der Waals surface area contributed by atoms with Gasteiger partial charge in [0.15, 0.2) is 18.5 Å². The molecule has 3 N–H and O–H groups in total. The van der Waals surface area contributed by atoms with Crippen molar-refractivity contribution in [3.8, 4) is 0 Å². The molecule has 0 aromatic heterocycles. The Kier molecular flexibility index (Phi) is 12.7. The number of amides is 2. The molecule has 1 saturated heterocycles. The number of esters is 3. The summed E-state index contributed by atoms with van der Waals surface area (Å²) in [5.41, 5.74) is 0. The van der Waals surface area contributed by atoms with E-state index in [1.165, 1.54) is 13.8 Å². The molecule has 1 aliphatic heterocycles. The SMILES string of the molecule is CC(=O)N[C@H]1[C@H](OCCCCC(=O)NCC(=O)O)O[C@H](COC(C)=O)[C@H](OC(C)=O)[C@@H]1OC(C)=O. The molecule has 5 atom stereocenters. The molecule has 35 heavy (non-hydrogen) atoms. The van der Waals surface area contributed by atoms with Gasteiger partial charge in [-0.3, -0.25) is 28.8 Å². The van der Waals surface area contributed by atoms with Crippen molar-refractivity contribution in [2.75, 3.05) is 19.8 Å². The normalized spacial score (nSPS) is 23.5. The monoisotopic (exact) mass is 504 g/mol. The number of aliphatic carboxylic acids is 1. The maximum Gasteiger partial charge on any atom is 0.322 e. The fourth-order valence-corrected chi connectivity index (χ4v) is 3.28. The molecule has 1 rings (SSSR count). The van der Waals surface area contributed by atoms with Gasteiger partial charge in [-0.1, -0.05) is 0 Å². The first kappa shape index (κ1) is 29.8. The van der Waals surface area contributed by atoms with Crippen LogP contribution in [0, 0.1) is 0 Å². The Hall–Kier alpha value is -3.26. The fraction of sp³-hybridized carbons (Fsp3) is 0.714. The minimum Gasteiger partial charge on any atom is -0.480 e. The first-order valence-electron chi connectivity index (χ1n) is 10.9. The lowest BCUT2D eigenvalue weighted by molar-refractivity contribution is -0.277. The van der Waals surface area contributed by atoms with Gasteiger partial charge < -0.3 is 39.4 Å². The van der Waals surface area contributed by atoms with Gasteiger partial charge in [0.05, 0.1) is 0 Å². The zero-order chi connectivity index (χ0) is 26.5. The Morgan fingerprint density at radius 1 is 0.886 bits per heavy atom. The van der Waals surface area contributed by atoms with Crippen LogP contribution in [0.3, 0.4) is 0 Å². The van der Waals surface area contributed by atoms with Gasteiger partial charge in [-0.15, -0.1) is 0 Å². The van der Waals surface area contributed by atoms with Crippen LogP contribution in [0.15, 0.2) is 0 Å². The molecule has 14 nitrogen and oxygen atoms in total. The van der Waals surface area contributed by atoms with Crippen molar-refractivity contribution in [2.45, 2.75) is 77.6 Å². The molecule has 0 saturated carbocycles. The van der Waals surface area contributed by atoms with Crippen molar-refractivity contribution >= 4 is 35.7 Å². The Labute approximate surface area is 201 Å². The summed E-state index contributed by atoms with van der Waals surface area (Å²) in [7, 11) is 0. The molecular formula is C21H32N2O12. The van der Waals surface area contributed by atoms with Crippen LogP contribution < -0.4 is 10.6 Å². The molecule has 14 heteroatoms. The van der Waals surface area contributed by atoms with Crippen LogP contribution in [0.4, 0.5) is 0 Å². The van der Waals surface area contributed by atoms with Crippen LogP contribution in [0.1, 0.15) is 47.0 Å². The maximum absolute atomic E-state index is 11.8. The van der Waals surface area contributed by atoms with E-state index < -0.39 is 72.9 Å². The van der Waals surface area contributed by atoms with Gasteiger partial charge in [0, 0.05) is 40.7 Å². The molecule has 2 amide bonds. The molecule has 0 spiro atoms. The number of unbranched alkanes of at least 4 members (excludes halogenated alkanes) is 1. The van der Waals surface area contributed by atoms with Crippen LogP contribution in [0.2, 0.25) is 0 Å². The minimum absolute atomic E-state index is 0.0538. The van der Waals surface area contributed by atoms with Gasteiger partial charge >= 0.3 is 23.9 Å².